The lowest BCUT2D eigenvalue weighted by Crippen LogP contribution is -1.97. The Labute approximate surface area is 113 Å². The molecule has 0 fully saturated rings. The van der Waals surface area contributed by atoms with E-state index in [-0.39, 0.29) is 0 Å². The second-order valence-electron chi connectivity index (χ2n) is 3.56. The van der Waals surface area contributed by atoms with E-state index in [2.05, 4.69) is 58.5 Å². The van der Waals surface area contributed by atoms with Gasteiger partial charge in [-0.25, -0.2) is 0 Å². The highest BCUT2D eigenvalue weighted by Gasteiger charge is 2.03. The van der Waals surface area contributed by atoms with Gasteiger partial charge in [0.25, 0.3) is 0 Å². The van der Waals surface area contributed by atoms with E-state index in [1.165, 1.54) is 10.4 Å². The molecule has 84 valence electrons. The predicted molar refractivity (Wildman–Crippen MR) is 75.5 cm³/mol. The summed E-state index contributed by atoms with van der Waals surface area (Å²) in [7, 11) is 0. The van der Waals surface area contributed by atoms with Crippen LogP contribution in [-0.4, -0.2) is 0 Å². The lowest BCUT2D eigenvalue weighted by atomic mass is 10.2. The van der Waals surface area contributed by atoms with E-state index >= 15 is 0 Å². The van der Waals surface area contributed by atoms with E-state index in [9.17, 15) is 0 Å². The minimum Gasteiger partial charge on any atom is -0.380 e. The van der Waals surface area contributed by atoms with E-state index in [4.69, 9.17) is 11.6 Å². The molecule has 0 amide bonds. The molecule has 4 heteroatoms. The number of halogens is 2. The maximum absolute atomic E-state index is 5.98. The van der Waals surface area contributed by atoms with Gasteiger partial charge in [0.15, 0.2) is 0 Å². The average Bonchev–Trinajstić information content (AvgIpc) is 2.56. The van der Waals surface area contributed by atoms with Crippen molar-refractivity contribution in [3.8, 4) is 0 Å². The monoisotopic (exact) mass is 315 g/mol. The summed E-state index contributed by atoms with van der Waals surface area (Å²) >= 11 is 11.0. The molecule has 2 rings (SSSR count). The number of nitrogens with one attached hydrogen (secondary N) is 1. The number of thiophene rings is 1. The van der Waals surface area contributed by atoms with E-state index in [0.29, 0.717) is 0 Å². The topological polar surface area (TPSA) is 12.0 Å². The van der Waals surface area contributed by atoms with E-state index < -0.39 is 0 Å². The molecule has 16 heavy (non-hydrogen) atoms. The van der Waals surface area contributed by atoms with Gasteiger partial charge in [-0.15, -0.1) is 11.3 Å². The number of anilines is 1. The van der Waals surface area contributed by atoms with Crippen molar-refractivity contribution in [1.29, 1.82) is 0 Å². The summed E-state index contributed by atoms with van der Waals surface area (Å²) in [4.78, 5) is 1.22. The van der Waals surface area contributed by atoms with Crippen LogP contribution < -0.4 is 5.32 Å². The van der Waals surface area contributed by atoms with Crippen molar-refractivity contribution in [2.75, 3.05) is 5.32 Å². The molecule has 1 heterocycles. The summed E-state index contributed by atoms with van der Waals surface area (Å²) < 4.78 is 1.78. The summed E-state index contributed by atoms with van der Waals surface area (Å²) in [5, 5.41) is 3.37. The standard InChI is InChI=1S/C12H11BrClNS/c1-8-3-2-4-9(5-8)15-7-10-6-11(13)12(14)16-10/h2-6,15H,7H2,1H3. The van der Waals surface area contributed by atoms with Crippen molar-refractivity contribution in [3.63, 3.8) is 0 Å². The molecule has 0 radical (unpaired) electrons. The molecule has 1 aromatic carbocycles. The molecule has 0 spiro atoms. The molecule has 0 aliphatic rings. The highest BCUT2D eigenvalue weighted by atomic mass is 79.9. The van der Waals surface area contributed by atoms with E-state index in [0.717, 1.165) is 21.0 Å². The second kappa shape index (κ2) is 5.21. The van der Waals surface area contributed by atoms with Crippen LogP contribution in [0, 0.1) is 6.92 Å². The third kappa shape index (κ3) is 3.00. The van der Waals surface area contributed by atoms with Crippen LogP contribution in [0.5, 0.6) is 0 Å². The molecule has 1 aromatic heterocycles. The van der Waals surface area contributed by atoms with Gasteiger partial charge in [-0.3, -0.25) is 0 Å². The Morgan fingerprint density at radius 1 is 1.38 bits per heavy atom. The first kappa shape index (κ1) is 12.0. The summed E-state index contributed by atoms with van der Waals surface area (Å²) in [6.45, 7) is 2.89. The van der Waals surface area contributed by atoms with Crippen molar-refractivity contribution in [1.82, 2.24) is 0 Å². The van der Waals surface area contributed by atoms with Crippen LogP contribution in [0.15, 0.2) is 34.8 Å². The molecule has 1 N–H and O–H groups in total. The third-order valence-electron chi connectivity index (χ3n) is 2.18. The quantitative estimate of drug-likeness (QED) is 0.832. The molecule has 1 nitrogen and oxygen atoms in total. The fraction of sp³-hybridized carbons (Fsp3) is 0.167. The zero-order valence-corrected chi connectivity index (χ0v) is 11.9. The predicted octanol–water partition coefficient (Wildman–Crippen LogP) is 5.08. The normalized spacial score (nSPS) is 10.4. The summed E-state index contributed by atoms with van der Waals surface area (Å²) in [6, 6.07) is 10.4. The Kier molecular flexibility index (Phi) is 3.90. The summed E-state index contributed by atoms with van der Waals surface area (Å²) in [5.74, 6) is 0. The van der Waals surface area contributed by atoms with Gasteiger partial charge in [-0.2, -0.15) is 0 Å². The van der Waals surface area contributed by atoms with Gasteiger partial charge in [-0.1, -0.05) is 23.7 Å². The van der Waals surface area contributed by atoms with Gasteiger partial charge in [0, 0.05) is 21.6 Å². The lowest BCUT2D eigenvalue weighted by molar-refractivity contribution is 1.19. The molecule has 0 unspecified atom stereocenters. The van der Waals surface area contributed by atoms with Crippen molar-refractivity contribution in [2.45, 2.75) is 13.5 Å². The first-order valence-electron chi connectivity index (χ1n) is 4.89. The highest BCUT2D eigenvalue weighted by molar-refractivity contribution is 9.10. The molecule has 2 aromatic rings. The van der Waals surface area contributed by atoms with Crippen LogP contribution in [0.3, 0.4) is 0 Å². The third-order valence-corrected chi connectivity index (χ3v) is 4.66. The number of benzene rings is 1. The summed E-state index contributed by atoms with van der Waals surface area (Å²) in [6.07, 6.45) is 0. The van der Waals surface area contributed by atoms with Gasteiger partial charge in [0.1, 0.15) is 4.34 Å². The molecule has 0 saturated heterocycles. The molecule has 0 aliphatic heterocycles. The zero-order chi connectivity index (χ0) is 11.5. The Balaban J connectivity index is 2.02. The Morgan fingerprint density at radius 2 is 2.19 bits per heavy atom. The zero-order valence-electron chi connectivity index (χ0n) is 8.76. The molecule has 0 bridgehead atoms. The molecule has 0 aliphatic carbocycles. The second-order valence-corrected chi connectivity index (χ2v) is 6.15. The molecule has 0 atom stereocenters. The number of hydrogen-bond donors (Lipinski definition) is 1. The largest absolute Gasteiger partial charge is 0.380 e. The van der Waals surface area contributed by atoms with Gasteiger partial charge < -0.3 is 5.32 Å². The van der Waals surface area contributed by atoms with Crippen LogP contribution in [0.2, 0.25) is 4.34 Å². The Morgan fingerprint density at radius 3 is 2.81 bits per heavy atom. The van der Waals surface area contributed by atoms with Crippen molar-refractivity contribution in [2.24, 2.45) is 0 Å². The van der Waals surface area contributed by atoms with Crippen LogP contribution in [-0.2, 0) is 6.54 Å². The first-order chi connectivity index (χ1) is 7.65. The Bertz CT molecular complexity index is 476. The fourth-order valence-electron chi connectivity index (χ4n) is 1.42. The van der Waals surface area contributed by atoms with Crippen LogP contribution in [0.4, 0.5) is 5.69 Å². The molecule has 0 saturated carbocycles. The smallest absolute Gasteiger partial charge is 0.107 e. The van der Waals surface area contributed by atoms with Gasteiger partial charge in [0.2, 0.25) is 0 Å². The molecular formula is C12H11BrClNS. The van der Waals surface area contributed by atoms with Crippen molar-refractivity contribution < 1.29 is 0 Å². The Hall–Kier alpha value is -0.510. The maximum Gasteiger partial charge on any atom is 0.107 e. The fourth-order valence-corrected chi connectivity index (χ4v) is 3.15. The first-order valence-corrected chi connectivity index (χ1v) is 6.88. The van der Waals surface area contributed by atoms with Gasteiger partial charge in [-0.05, 0) is 46.6 Å². The summed E-state index contributed by atoms with van der Waals surface area (Å²) in [5.41, 5.74) is 2.40. The number of rotatable bonds is 3. The van der Waals surface area contributed by atoms with E-state index in [1.807, 2.05) is 0 Å². The van der Waals surface area contributed by atoms with Crippen LogP contribution in [0.1, 0.15) is 10.4 Å². The minimum absolute atomic E-state index is 0.805. The van der Waals surface area contributed by atoms with Gasteiger partial charge in [0.05, 0.1) is 0 Å². The average molecular weight is 317 g/mol. The van der Waals surface area contributed by atoms with Crippen LogP contribution >= 0.6 is 38.9 Å². The lowest BCUT2D eigenvalue weighted by Gasteiger charge is -2.05. The highest BCUT2D eigenvalue weighted by Crippen LogP contribution is 2.32. The molecular weight excluding hydrogens is 306 g/mol. The minimum atomic E-state index is 0.805. The van der Waals surface area contributed by atoms with Gasteiger partial charge >= 0.3 is 0 Å². The van der Waals surface area contributed by atoms with Crippen LogP contribution in [0.25, 0.3) is 0 Å². The maximum atomic E-state index is 5.98. The number of hydrogen-bond acceptors (Lipinski definition) is 2. The number of aryl methyl sites for hydroxylation is 1. The van der Waals surface area contributed by atoms with E-state index in [1.54, 1.807) is 11.3 Å². The SMILES string of the molecule is Cc1cccc(NCc2cc(Br)c(Cl)s2)c1. The van der Waals surface area contributed by atoms with Crippen molar-refractivity contribution in [3.05, 3.63) is 49.6 Å². The van der Waals surface area contributed by atoms with Crippen molar-refractivity contribution >= 4 is 44.6 Å².